The van der Waals surface area contributed by atoms with Crippen LogP contribution in [0.25, 0.3) is 10.1 Å². The van der Waals surface area contributed by atoms with E-state index in [1.54, 1.807) is 4.90 Å². The zero-order chi connectivity index (χ0) is 19.4. The SMILES string of the molecule is CCCN(CC(=O)Nc1ccccc1C)C(=O)c1sc2ccccc2c1C. The van der Waals surface area contributed by atoms with Gasteiger partial charge >= 0.3 is 0 Å². The van der Waals surface area contributed by atoms with Gasteiger partial charge in [-0.3, -0.25) is 9.59 Å². The first-order valence-corrected chi connectivity index (χ1v) is 9.95. The zero-order valence-corrected chi connectivity index (χ0v) is 16.7. The molecule has 0 saturated carbocycles. The van der Waals surface area contributed by atoms with Crippen LogP contribution in [0.2, 0.25) is 0 Å². The molecule has 3 rings (SSSR count). The smallest absolute Gasteiger partial charge is 0.264 e. The number of amides is 2. The molecule has 1 heterocycles. The highest BCUT2D eigenvalue weighted by Crippen LogP contribution is 2.31. The van der Waals surface area contributed by atoms with Crippen molar-refractivity contribution < 1.29 is 9.59 Å². The lowest BCUT2D eigenvalue weighted by Gasteiger charge is -2.21. The molecule has 0 unspecified atom stereocenters. The van der Waals surface area contributed by atoms with E-state index in [9.17, 15) is 9.59 Å². The standard InChI is InChI=1S/C22H24N2O2S/c1-4-13-24(14-20(25)23-18-11-7-5-9-15(18)2)22(26)21-16(3)17-10-6-8-12-19(17)27-21/h5-12H,4,13-14H2,1-3H3,(H,23,25). The Balaban J connectivity index is 1.79. The van der Waals surface area contributed by atoms with Crippen molar-refractivity contribution in [2.45, 2.75) is 27.2 Å². The summed E-state index contributed by atoms with van der Waals surface area (Å²) in [5.74, 6) is -0.250. The maximum absolute atomic E-state index is 13.1. The predicted octanol–water partition coefficient (Wildman–Crippen LogP) is 5.01. The number of hydrogen-bond acceptors (Lipinski definition) is 3. The van der Waals surface area contributed by atoms with Crippen LogP contribution in [0, 0.1) is 13.8 Å². The number of carbonyl (C=O) groups is 2. The number of nitrogens with one attached hydrogen (secondary N) is 1. The van der Waals surface area contributed by atoms with Crippen LogP contribution < -0.4 is 5.32 Å². The van der Waals surface area contributed by atoms with Crippen LogP contribution in [0.1, 0.15) is 34.1 Å². The van der Waals surface area contributed by atoms with Crippen LogP contribution in [0.15, 0.2) is 48.5 Å². The molecule has 0 bridgehead atoms. The fourth-order valence-electron chi connectivity index (χ4n) is 3.12. The molecule has 0 spiro atoms. The molecule has 5 heteroatoms. The van der Waals surface area contributed by atoms with E-state index in [0.29, 0.717) is 11.4 Å². The van der Waals surface area contributed by atoms with Gasteiger partial charge in [0.05, 0.1) is 4.88 Å². The van der Waals surface area contributed by atoms with Crippen molar-refractivity contribution in [2.75, 3.05) is 18.4 Å². The second-order valence-electron chi connectivity index (χ2n) is 6.64. The first kappa shape index (κ1) is 19.1. The molecule has 1 aromatic heterocycles. The minimum absolute atomic E-state index is 0.0503. The summed E-state index contributed by atoms with van der Waals surface area (Å²) in [5.41, 5.74) is 2.77. The van der Waals surface area contributed by atoms with E-state index in [4.69, 9.17) is 0 Å². The van der Waals surface area contributed by atoms with Gasteiger partial charge in [-0.05, 0) is 48.9 Å². The van der Waals surface area contributed by atoms with E-state index in [1.807, 2.05) is 69.3 Å². The minimum Gasteiger partial charge on any atom is -0.329 e. The van der Waals surface area contributed by atoms with Gasteiger partial charge in [-0.1, -0.05) is 43.3 Å². The lowest BCUT2D eigenvalue weighted by Crippen LogP contribution is -2.38. The van der Waals surface area contributed by atoms with Gasteiger partial charge in [0.25, 0.3) is 5.91 Å². The second-order valence-corrected chi connectivity index (χ2v) is 7.69. The topological polar surface area (TPSA) is 49.4 Å². The number of aryl methyl sites for hydroxylation is 2. The van der Waals surface area contributed by atoms with Crippen molar-refractivity contribution in [3.05, 3.63) is 64.5 Å². The average molecular weight is 381 g/mol. The molecule has 4 nitrogen and oxygen atoms in total. The second kappa shape index (κ2) is 8.35. The molecule has 0 radical (unpaired) electrons. The Labute approximate surface area is 163 Å². The van der Waals surface area contributed by atoms with Crippen LogP contribution in [-0.2, 0) is 4.79 Å². The first-order chi connectivity index (χ1) is 13.0. The highest BCUT2D eigenvalue weighted by atomic mass is 32.1. The molecular weight excluding hydrogens is 356 g/mol. The molecule has 1 N–H and O–H groups in total. The quantitative estimate of drug-likeness (QED) is 0.653. The molecule has 0 aliphatic carbocycles. The monoisotopic (exact) mass is 380 g/mol. The summed E-state index contributed by atoms with van der Waals surface area (Å²) < 4.78 is 1.10. The van der Waals surface area contributed by atoms with Crippen molar-refractivity contribution in [1.82, 2.24) is 4.90 Å². The summed E-state index contributed by atoms with van der Waals surface area (Å²) in [6.45, 7) is 6.54. The van der Waals surface area contributed by atoms with Crippen molar-refractivity contribution >= 4 is 38.9 Å². The van der Waals surface area contributed by atoms with E-state index in [0.717, 1.165) is 33.3 Å². The summed E-state index contributed by atoms with van der Waals surface area (Å²) in [4.78, 5) is 28.0. The third-order valence-electron chi connectivity index (χ3n) is 4.57. The average Bonchev–Trinajstić information content (AvgIpc) is 3.00. The van der Waals surface area contributed by atoms with Gasteiger partial charge in [-0.2, -0.15) is 0 Å². The van der Waals surface area contributed by atoms with E-state index in [1.165, 1.54) is 11.3 Å². The number of anilines is 1. The van der Waals surface area contributed by atoms with Crippen LogP contribution in [0.4, 0.5) is 5.69 Å². The third kappa shape index (κ3) is 4.19. The van der Waals surface area contributed by atoms with Gasteiger partial charge in [-0.25, -0.2) is 0 Å². The van der Waals surface area contributed by atoms with E-state index in [-0.39, 0.29) is 18.4 Å². The summed E-state index contributed by atoms with van der Waals surface area (Å²) in [7, 11) is 0. The van der Waals surface area contributed by atoms with E-state index in [2.05, 4.69) is 5.32 Å². The molecule has 3 aromatic rings. The van der Waals surface area contributed by atoms with Gasteiger partial charge in [-0.15, -0.1) is 11.3 Å². The number of carbonyl (C=O) groups excluding carboxylic acids is 2. The molecule has 140 valence electrons. The van der Waals surface area contributed by atoms with E-state index < -0.39 is 0 Å². The molecule has 0 saturated heterocycles. The molecule has 0 fully saturated rings. The van der Waals surface area contributed by atoms with Crippen molar-refractivity contribution in [2.24, 2.45) is 0 Å². The normalized spacial score (nSPS) is 10.8. The number of hydrogen-bond donors (Lipinski definition) is 1. The Hall–Kier alpha value is -2.66. The number of para-hydroxylation sites is 1. The maximum atomic E-state index is 13.1. The lowest BCUT2D eigenvalue weighted by molar-refractivity contribution is -0.116. The summed E-state index contributed by atoms with van der Waals surface area (Å²) in [6.07, 6.45) is 0.799. The summed E-state index contributed by atoms with van der Waals surface area (Å²) >= 11 is 1.50. The van der Waals surface area contributed by atoms with Gasteiger partial charge in [0, 0.05) is 16.9 Å². The van der Waals surface area contributed by atoms with Gasteiger partial charge in [0.2, 0.25) is 5.91 Å². The summed E-state index contributed by atoms with van der Waals surface area (Å²) in [6, 6.07) is 15.7. The van der Waals surface area contributed by atoms with Gasteiger partial charge < -0.3 is 10.2 Å². The van der Waals surface area contributed by atoms with Crippen LogP contribution in [-0.4, -0.2) is 29.8 Å². The van der Waals surface area contributed by atoms with Crippen LogP contribution >= 0.6 is 11.3 Å². The number of benzene rings is 2. The highest BCUT2D eigenvalue weighted by molar-refractivity contribution is 7.21. The number of nitrogens with zero attached hydrogens (tertiary/aromatic N) is 1. The molecule has 2 amide bonds. The van der Waals surface area contributed by atoms with Gasteiger partial charge in [0.15, 0.2) is 0 Å². The van der Waals surface area contributed by atoms with Crippen LogP contribution in [0.3, 0.4) is 0 Å². The molecule has 2 aromatic carbocycles. The minimum atomic E-state index is -0.176. The predicted molar refractivity (Wildman–Crippen MR) is 113 cm³/mol. The van der Waals surface area contributed by atoms with Gasteiger partial charge in [0.1, 0.15) is 6.54 Å². The Morgan fingerprint density at radius 2 is 1.74 bits per heavy atom. The third-order valence-corrected chi connectivity index (χ3v) is 5.83. The van der Waals surface area contributed by atoms with Crippen molar-refractivity contribution in [3.63, 3.8) is 0 Å². The number of rotatable bonds is 6. The fraction of sp³-hybridized carbons (Fsp3) is 0.273. The Kier molecular flexibility index (Phi) is 5.91. The molecular formula is C22H24N2O2S. The van der Waals surface area contributed by atoms with E-state index >= 15 is 0 Å². The van der Waals surface area contributed by atoms with Crippen molar-refractivity contribution in [3.8, 4) is 0 Å². The highest BCUT2D eigenvalue weighted by Gasteiger charge is 2.23. The Morgan fingerprint density at radius 1 is 1.04 bits per heavy atom. The molecule has 0 aliphatic heterocycles. The fourth-order valence-corrected chi connectivity index (χ4v) is 4.30. The summed E-state index contributed by atoms with van der Waals surface area (Å²) in [5, 5.41) is 4.02. The number of thiophene rings is 1. The molecule has 0 atom stereocenters. The Morgan fingerprint density at radius 3 is 2.44 bits per heavy atom. The zero-order valence-electron chi connectivity index (χ0n) is 15.9. The lowest BCUT2D eigenvalue weighted by atomic mass is 10.1. The molecule has 27 heavy (non-hydrogen) atoms. The Bertz CT molecular complexity index is 977. The number of fused-ring (bicyclic) bond motifs is 1. The molecule has 0 aliphatic rings. The van der Waals surface area contributed by atoms with Crippen LogP contribution in [0.5, 0.6) is 0 Å². The van der Waals surface area contributed by atoms with Crippen molar-refractivity contribution in [1.29, 1.82) is 0 Å². The first-order valence-electron chi connectivity index (χ1n) is 9.14. The largest absolute Gasteiger partial charge is 0.329 e. The maximum Gasteiger partial charge on any atom is 0.264 e.